The lowest BCUT2D eigenvalue weighted by atomic mass is 9.93. The number of halogens is 1. The maximum absolute atomic E-state index is 11.4. The molecule has 4 heteroatoms. The van der Waals surface area contributed by atoms with E-state index < -0.39 is 0 Å². The van der Waals surface area contributed by atoms with Gasteiger partial charge in [-0.2, -0.15) is 0 Å². The molecule has 0 saturated carbocycles. The van der Waals surface area contributed by atoms with Gasteiger partial charge in [0.25, 0.3) is 0 Å². The van der Waals surface area contributed by atoms with Gasteiger partial charge in [0.2, 0.25) is 5.91 Å². The molecular weight excluding hydrogens is 304 g/mol. The Morgan fingerprint density at radius 2 is 2.21 bits per heavy atom. The van der Waals surface area contributed by atoms with E-state index in [1.165, 1.54) is 5.56 Å². The summed E-state index contributed by atoms with van der Waals surface area (Å²) in [4.78, 5) is 13.3. The van der Waals surface area contributed by atoms with E-state index >= 15 is 0 Å². The molecule has 1 aliphatic rings. The van der Waals surface area contributed by atoms with Crippen molar-refractivity contribution in [3.05, 3.63) is 34.3 Å². The van der Waals surface area contributed by atoms with Gasteiger partial charge in [-0.3, -0.25) is 4.79 Å². The van der Waals surface area contributed by atoms with Crippen LogP contribution in [0.4, 0.5) is 0 Å². The van der Waals surface area contributed by atoms with Crippen LogP contribution in [0.1, 0.15) is 25.8 Å². The third-order valence-electron chi connectivity index (χ3n) is 3.86. The van der Waals surface area contributed by atoms with Gasteiger partial charge in [-0.1, -0.05) is 41.1 Å². The van der Waals surface area contributed by atoms with Crippen molar-refractivity contribution in [3.63, 3.8) is 0 Å². The highest BCUT2D eigenvalue weighted by Gasteiger charge is 2.26. The lowest BCUT2D eigenvalue weighted by molar-refractivity contribution is -0.130. The zero-order chi connectivity index (χ0) is 13.8. The molecule has 0 bridgehead atoms. The lowest BCUT2D eigenvalue weighted by Gasteiger charge is -2.37. The summed E-state index contributed by atoms with van der Waals surface area (Å²) in [6.07, 6.45) is 1.03. The van der Waals surface area contributed by atoms with E-state index in [9.17, 15) is 4.79 Å². The topological polar surface area (TPSA) is 32.3 Å². The molecule has 3 nitrogen and oxygen atoms in total. The van der Waals surface area contributed by atoms with Gasteiger partial charge in [-0.05, 0) is 24.0 Å². The maximum Gasteiger partial charge on any atom is 0.219 e. The first-order valence-corrected chi connectivity index (χ1v) is 7.59. The number of hydrogen-bond donors (Lipinski definition) is 1. The molecule has 0 spiro atoms. The minimum Gasteiger partial charge on any atom is -0.343 e. The maximum atomic E-state index is 11.4. The van der Waals surface area contributed by atoms with Crippen LogP contribution in [0.3, 0.4) is 0 Å². The van der Waals surface area contributed by atoms with Gasteiger partial charge in [0.15, 0.2) is 0 Å². The number of likely N-dealkylation sites (tertiary alicyclic amines) is 1. The molecule has 1 aromatic rings. The number of carbonyl (C=O) groups is 1. The van der Waals surface area contributed by atoms with Crippen LogP contribution in [0.15, 0.2) is 28.7 Å². The Hall–Kier alpha value is -0.870. The van der Waals surface area contributed by atoms with Crippen molar-refractivity contribution in [1.82, 2.24) is 10.2 Å². The predicted octanol–water partition coefficient (Wildman–Crippen LogP) is 2.80. The third-order valence-corrected chi connectivity index (χ3v) is 4.64. The van der Waals surface area contributed by atoms with Crippen molar-refractivity contribution in [2.24, 2.45) is 5.92 Å². The monoisotopic (exact) mass is 324 g/mol. The minimum absolute atomic E-state index is 0.191. The van der Waals surface area contributed by atoms with Gasteiger partial charge >= 0.3 is 0 Å². The average molecular weight is 325 g/mol. The number of hydrogen-bond acceptors (Lipinski definition) is 2. The van der Waals surface area contributed by atoms with Crippen molar-refractivity contribution in [2.75, 3.05) is 13.1 Å². The molecule has 1 saturated heterocycles. The molecule has 1 aromatic carbocycles. The van der Waals surface area contributed by atoms with Crippen LogP contribution in [-0.4, -0.2) is 29.9 Å². The van der Waals surface area contributed by atoms with Crippen LogP contribution >= 0.6 is 15.9 Å². The second-order valence-corrected chi connectivity index (χ2v) is 6.16. The first kappa shape index (κ1) is 14.5. The average Bonchev–Trinajstić information content (AvgIpc) is 2.39. The number of benzene rings is 1. The lowest BCUT2D eigenvalue weighted by Crippen LogP contribution is -2.49. The molecule has 1 N–H and O–H groups in total. The summed E-state index contributed by atoms with van der Waals surface area (Å²) in [5.74, 6) is 0.691. The number of piperidine rings is 1. The zero-order valence-corrected chi connectivity index (χ0v) is 13.1. The summed E-state index contributed by atoms with van der Waals surface area (Å²) < 4.78 is 1.15. The SMILES string of the molecule is CC(=O)N1CC[C@@H](NCc2ccccc2Br)[C@@H](C)C1. The first-order chi connectivity index (χ1) is 9.08. The summed E-state index contributed by atoms with van der Waals surface area (Å²) in [5, 5.41) is 3.62. The summed E-state index contributed by atoms with van der Waals surface area (Å²) >= 11 is 3.57. The number of amides is 1. The molecule has 104 valence electrons. The highest BCUT2D eigenvalue weighted by Crippen LogP contribution is 2.19. The Morgan fingerprint density at radius 1 is 1.47 bits per heavy atom. The molecule has 1 heterocycles. The quantitative estimate of drug-likeness (QED) is 0.927. The fourth-order valence-electron chi connectivity index (χ4n) is 2.62. The van der Waals surface area contributed by atoms with Crippen LogP contribution in [0.5, 0.6) is 0 Å². The molecule has 0 aromatic heterocycles. The highest BCUT2D eigenvalue weighted by atomic mass is 79.9. The molecule has 1 fully saturated rings. The van der Waals surface area contributed by atoms with Gasteiger partial charge in [0, 0.05) is 37.1 Å². The fourth-order valence-corrected chi connectivity index (χ4v) is 3.04. The Balaban J connectivity index is 1.88. The Labute approximate surface area is 123 Å². The van der Waals surface area contributed by atoms with E-state index in [4.69, 9.17) is 0 Å². The smallest absolute Gasteiger partial charge is 0.219 e. The van der Waals surface area contributed by atoms with E-state index in [-0.39, 0.29) is 5.91 Å². The molecule has 2 atom stereocenters. The number of carbonyl (C=O) groups excluding carboxylic acids is 1. The third kappa shape index (κ3) is 3.80. The minimum atomic E-state index is 0.191. The second-order valence-electron chi connectivity index (χ2n) is 5.31. The van der Waals surface area contributed by atoms with E-state index in [2.05, 4.69) is 46.4 Å². The molecule has 1 amide bonds. The van der Waals surface area contributed by atoms with Gasteiger partial charge in [-0.15, -0.1) is 0 Å². The molecule has 19 heavy (non-hydrogen) atoms. The van der Waals surface area contributed by atoms with Crippen LogP contribution in [-0.2, 0) is 11.3 Å². The number of rotatable bonds is 3. The molecule has 1 aliphatic heterocycles. The Bertz CT molecular complexity index is 450. The standard InChI is InChI=1S/C15H21BrN2O/c1-11-10-18(12(2)19)8-7-15(11)17-9-13-5-3-4-6-14(13)16/h3-6,11,15,17H,7-10H2,1-2H3/t11-,15+/m0/s1. The first-order valence-electron chi connectivity index (χ1n) is 6.80. The van der Waals surface area contributed by atoms with Crippen molar-refractivity contribution >= 4 is 21.8 Å². The van der Waals surface area contributed by atoms with Crippen LogP contribution in [0, 0.1) is 5.92 Å². The largest absolute Gasteiger partial charge is 0.343 e. The van der Waals surface area contributed by atoms with E-state index in [1.54, 1.807) is 6.92 Å². The van der Waals surface area contributed by atoms with Crippen LogP contribution in [0.25, 0.3) is 0 Å². The molecular formula is C15H21BrN2O. The van der Waals surface area contributed by atoms with Gasteiger partial charge in [0.05, 0.1) is 0 Å². The van der Waals surface area contributed by atoms with Crippen molar-refractivity contribution in [2.45, 2.75) is 32.9 Å². The fraction of sp³-hybridized carbons (Fsp3) is 0.533. The molecule has 0 aliphatic carbocycles. The second kappa shape index (κ2) is 6.53. The highest BCUT2D eigenvalue weighted by molar-refractivity contribution is 9.10. The van der Waals surface area contributed by atoms with Gasteiger partial charge in [-0.25, -0.2) is 0 Å². The summed E-state index contributed by atoms with van der Waals surface area (Å²) in [7, 11) is 0. The van der Waals surface area contributed by atoms with E-state index in [0.717, 1.165) is 30.5 Å². The van der Waals surface area contributed by atoms with Crippen molar-refractivity contribution in [3.8, 4) is 0 Å². The van der Waals surface area contributed by atoms with E-state index in [0.29, 0.717) is 12.0 Å². The van der Waals surface area contributed by atoms with Crippen molar-refractivity contribution in [1.29, 1.82) is 0 Å². The van der Waals surface area contributed by atoms with Crippen molar-refractivity contribution < 1.29 is 4.79 Å². The Kier molecular flexibility index (Phi) is 4.99. The van der Waals surface area contributed by atoms with Gasteiger partial charge < -0.3 is 10.2 Å². The number of nitrogens with one attached hydrogen (secondary N) is 1. The van der Waals surface area contributed by atoms with Crippen LogP contribution < -0.4 is 5.32 Å². The molecule has 0 radical (unpaired) electrons. The normalized spacial score (nSPS) is 23.4. The summed E-state index contributed by atoms with van der Waals surface area (Å²) in [6.45, 7) is 6.47. The van der Waals surface area contributed by atoms with E-state index in [1.807, 2.05) is 11.0 Å². The summed E-state index contributed by atoms with van der Waals surface area (Å²) in [6, 6.07) is 8.78. The molecule has 2 rings (SSSR count). The Morgan fingerprint density at radius 3 is 2.84 bits per heavy atom. The molecule has 0 unspecified atom stereocenters. The number of nitrogens with zero attached hydrogens (tertiary/aromatic N) is 1. The predicted molar refractivity (Wildman–Crippen MR) is 80.8 cm³/mol. The van der Waals surface area contributed by atoms with Gasteiger partial charge in [0.1, 0.15) is 0 Å². The summed E-state index contributed by atoms with van der Waals surface area (Å²) in [5.41, 5.74) is 1.28. The zero-order valence-electron chi connectivity index (χ0n) is 11.5. The van der Waals surface area contributed by atoms with Crippen LogP contribution in [0.2, 0.25) is 0 Å².